The molecule has 0 aliphatic carbocycles. The smallest absolute Gasteiger partial charge is 0.120 e. The van der Waals surface area contributed by atoms with Gasteiger partial charge in [-0.3, -0.25) is 0 Å². The first-order chi connectivity index (χ1) is 4.96. The van der Waals surface area contributed by atoms with E-state index in [-0.39, 0.29) is 0 Å². The van der Waals surface area contributed by atoms with Gasteiger partial charge in [0.15, 0.2) is 0 Å². The predicted molar refractivity (Wildman–Crippen MR) is 40.3 cm³/mol. The predicted octanol–water partition coefficient (Wildman–Crippen LogP) is -1.77. The number of hydrogen-bond acceptors (Lipinski definition) is 4. The van der Waals surface area contributed by atoms with Gasteiger partial charge in [-0.2, -0.15) is 0 Å². The van der Waals surface area contributed by atoms with E-state index in [9.17, 15) is 5.11 Å². The average Bonchev–Trinajstić information content (AvgIpc) is 1.89. The van der Waals surface area contributed by atoms with Gasteiger partial charge in [0.05, 0.1) is 18.2 Å². The molecule has 0 saturated heterocycles. The van der Waals surface area contributed by atoms with Gasteiger partial charge in [-0.1, -0.05) is 0 Å². The summed E-state index contributed by atoms with van der Waals surface area (Å²) in [5, 5.41) is 26.9. The van der Waals surface area contributed by atoms with Crippen molar-refractivity contribution in [2.24, 2.45) is 0 Å². The zero-order valence-electron chi connectivity index (χ0n) is 6.69. The summed E-state index contributed by atoms with van der Waals surface area (Å²) in [6, 6.07) is 0. The quantitative estimate of drug-likeness (QED) is 0.425. The Morgan fingerprint density at radius 3 is 2.18 bits per heavy atom. The standard InChI is InChI=1S/C6H13BO4/c1-4(9)6(7,10)5(3-8)11-2/h4-5,8-10H,3H2,1-2H3. The van der Waals surface area contributed by atoms with E-state index in [1.165, 1.54) is 14.0 Å². The van der Waals surface area contributed by atoms with E-state index in [0.29, 0.717) is 0 Å². The summed E-state index contributed by atoms with van der Waals surface area (Å²) in [6.45, 7) is 0.885. The fraction of sp³-hybridized carbons (Fsp3) is 1.00. The molecule has 5 heteroatoms. The molecule has 2 radical (unpaired) electrons. The van der Waals surface area contributed by atoms with Gasteiger partial charge >= 0.3 is 0 Å². The largest absolute Gasteiger partial charge is 0.394 e. The fourth-order valence-corrected chi connectivity index (χ4v) is 0.679. The Labute approximate surface area is 67.2 Å². The lowest BCUT2D eigenvalue weighted by atomic mass is 9.73. The number of aliphatic hydroxyl groups excluding tert-OH is 2. The van der Waals surface area contributed by atoms with Crippen molar-refractivity contribution in [2.75, 3.05) is 13.7 Å². The molecule has 0 fully saturated rings. The van der Waals surface area contributed by atoms with Gasteiger partial charge in [0.2, 0.25) is 0 Å². The van der Waals surface area contributed by atoms with Crippen molar-refractivity contribution in [1.29, 1.82) is 0 Å². The maximum absolute atomic E-state index is 9.29. The lowest BCUT2D eigenvalue weighted by molar-refractivity contribution is -0.114. The van der Waals surface area contributed by atoms with Crippen LogP contribution in [0.2, 0.25) is 0 Å². The molecule has 3 atom stereocenters. The van der Waals surface area contributed by atoms with Gasteiger partial charge in [0.1, 0.15) is 14.0 Å². The Morgan fingerprint density at radius 2 is 2.09 bits per heavy atom. The first kappa shape index (κ1) is 10.9. The maximum Gasteiger partial charge on any atom is 0.120 e. The van der Waals surface area contributed by atoms with Crippen LogP contribution < -0.4 is 0 Å². The molecule has 0 spiro atoms. The monoisotopic (exact) mass is 160 g/mol. The van der Waals surface area contributed by atoms with E-state index in [4.69, 9.17) is 18.1 Å². The second kappa shape index (κ2) is 4.06. The van der Waals surface area contributed by atoms with Crippen LogP contribution in [0.5, 0.6) is 0 Å². The highest BCUT2D eigenvalue weighted by Gasteiger charge is 2.35. The van der Waals surface area contributed by atoms with Gasteiger partial charge in [0, 0.05) is 7.11 Å². The van der Waals surface area contributed by atoms with E-state index < -0.39 is 24.3 Å². The van der Waals surface area contributed by atoms with Crippen LogP contribution in [0, 0.1) is 0 Å². The second-order valence-corrected chi connectivity index (χ2v) is 2.47. The third kappa shape index (κ3) is 2.45. The van der Waals surface area contributed by atoms with Crippen molar-refractivity contribution in [2.45, 2.75) is 24.6 Å². The van der Waals surface area contributed by atoms with Gasteiger partial charge < -0.3 is 20.1 Å². The van der Waals surface area contributed by atoms with Crippen LogP contribution in [0.15, 0.2) is 0 Å². The summed E-state index contributed by atoms with van der Waals surface area (Å²) in [5.74, 6) is 0. The van der Waals surface area contributed by atoms with Crippen molar-refractivity contribution in [3.8, 4) is 0 Å². The van der Waals surface area contributed by atoms with E-state index in [2.05, 4.69) is 4.74 Å². The first-order valence-electron chi connectivity index (χ1n) is 3.29. The highest BCUT2D eigenvalue weighted by atomic mass is 16.5. The maximum atomic E-state index is 9.29. The highest BCUT2D eigenvalue weighted by Crippen LogP contribution is 2.13. The molecule has 3 N–H and O–H groups in total. The number of rotatable bonds is 4. The minimum Gasteiger partial charge on any atom is -0.394 e. The van der Waals surface area contributed by atoms with Gasteiger partial charge in [-0.05, 0) is 6.92 Å². The Kier molecular flexibility index (Phi) is 4.03. The molecule has 0 aliphatic rings. The van der Waals surface area contributed by atoms with Crippen molar-refractivity contribution >= 4 is 7.85 Å². The molecule has 0 aromatic heterocycles. The normalized spacial score (nSPS) is 22.3. The minimum atomic E-state index is -1.90. The fourth-order valence-electron chi connectivity index (χ4n) is 0.679. The van der Waals surface area contributed by atoms with Crippen LogP contribution in [0.25, 0.3) is 0 Å². The van der Waals surface area contributed by atoms with Crippen molar-refractivity contribution in [3.05, 3.63) is 0 Å². The molecule has 11 heavy (non-hydrogen) atoms. The van der Waals surface area contributed by atoms with E-state index >= 15 is 0 Å². The Balaban J connectivity index is 4.24. The van der Waals surface area contributed by atoms with Gasteiger partial charge in [-0.25, -0.2) is 0 Å². The molecular weight excluding hydrogens is 147 g/mol. The van der Waals surface area contributed by atoms with Gasteiger partial charge in [0.25, 0.3) is 0 Å². The average molecular weight is 160 g/mol. The topological polar surface area (TPSA) is 69.9 Å². The third-order valence-corrected chi connectivity index (χ3v) is 1.64. The summed E-state index contributed by atoms with van der Waals surface area (Å²) >= 11 is 0. The molecule has 0 amide bonds. The Bertz CT molecular complexity index is 111. The molecule has 0 heterocycles. The Morgan fingerprint density at radius 1 is 1.64 bits per heavy atom. The van der Waals surface area contributed by atoms with E-state index in [1.807, 2.05) is 0 Å². The third-order valence-electron chi connectivity index (χ3n) is 1.64. The summed E-state index contributed by atoms with van der Waals surface area (Å²) in [7, 11) is 6.54. The van der Waals surface area contributed by atoms with E-state index in [1.54, 1.807) is 0 Å². The number of aliphatic hydroxyl groups is 3. The van der Waals surface area contributed by atoms with Gasteiger partial charge in [-0.15, -0.1) is 0 Å². The first-order valence-corrected chi connectivity index (χ1v) is 3.29. The zero-order valence-corrected chi connectivity index (χ0v) is 6.69. The molecule has 0 saturated carbocycles. The van der Waals surface area contributed by atoms with Crippen LogP contribution in [0.3, 0.4) is 0 Å². The van der Waals surface area contributed by atoms with Crippen LogP contribution in [0.4, 0.5) is 0 Å². The number of methoxy groups -OCH3 is 1. The summed E-state index contributed by atoms with van der Waals surface area (Å²) < 4.78 is 4.64. The van der Waals surface area contributed by atoms with Crippen molar-refractivity contribution < 1.29 is 20.1 Å². The van der Waals surface area contributed by atoms with Crippen LogP contribution >= 0.6 is 0 Å². The second-order valence-electron chi connectivity index (χ2n) is 2.47. The lowest BCUT2D eigenvalue weighted by Gasteiger charge is -2.33. The molecule has 64 valence electrons. The highest BCUT2D eigenvalue weighted by molar-refractivity contribution is 6.15. The zero-order chi connectivity index (χ0) is 9.07. The SMILES string of the molecule is [B]C(O)(C(C)O)C(CO)OC. The molecule has 0 rings (SSSR count). The molecule has 0 aromatic carbocycles. The number of hydrogen-bond donors (Lipinski definition) is 3. The van der Waals surface area contributed by atoms with Crippen LogP contribution in [-0.2, 0) is 4.74 Å². The molecule has 4 nitrogen and oxygen atoms in total. The molecule has 0 aromatic rings. The summed E-state index contributed by atoms with van der Waals surface area (Å²) in [6.07, 6.45) is -2.12. The molecule has 0 aliphatic heterocycles. The molecule has 0 bridgehead atoms. The molecule has 3 unspecified atom stereocenters. The van der Waals surface area contributed by atoms with Crippen LogP contribution in [-0.4, -0.2) is 54.6 Å². The van der Waals surface area contributed by atoms with Crippen molar-refractivity contribution in [1.82, 2.24) is 0 Å². The van der Waals surface area contributed by atoms with E-state index in [0.717, 1.165) is 0 Å². The molecular formula is C6H13BO4. The number of ether oxygens (including phenoxy) is 1. The lowest BCUT2D eigenvalue weighted by Crippen LogP contribution is -2.54. The summed E-state index contributed by atoms with van der Waals surface area (Å²) in [4.78, 5) is 0. The summed E-state index contributed by atoms with van der Waals surface area (Å²) in [5.41, 5.74) is -1.90. The Hall–Kier alpha value is -0.0951. The van der Waals surface area contributed by atoms with Crippen LogP contribution in [0.1, 0.15) is 6.92 Å². The van der Waals surface area contributed by atoms with Crippen molar-refractivity contribution in [3.63, 3.8) is 0 Å². The minimum absolute atomic E-state index is 0.436.